The number of benzene rings is 1. The third-order valence-corrected chi connectivity index (χ3v) is 7.18. The smallest absolute Gasteiger partial charge is 0.341 e. The summed E-state index contributed by atoms with van der Waals surface area (Å²) in [6, 6.07) is 5.27. The van der Waals surface area contributed by atoms with Gasteiger partial charge in [-0.25, -0.2) is 4.79 Å². The monoisotopic (exact) mass is 462 g/mol. The first-order chi connectivity index (χ1) is 14.8. The van der Waals surface area contributed by atoms with Crippen LogP contribution < -0.4 is 10.6 Å². The Bertz CT molecular complexity index is 996. The first-order valence-electron chi connectivity index (χ1n) is 10.5. The molecule has 8 heteroatoms. The lowest BCUT2D eigenvalue weighted by Crippen LogP contribution is -2.25. The van der Waals surface area contributed by atoms with Crippen LogP contribution in [0.5, 0.6) is 0 Å². The van der Waals surface area contributed by atoms with E-state index in [9.17, 15) is 14.4 Å². The van der Waals surface area contributed by atoms with Crippen molar-refractivity contribution in [2.24, 2.45) is 5.92 Å². The number of carbonyl (C=O) groups is 3. The van der Waals surface area contributed by atoms with E-state index >= 15 is 0 Å². The standard InChI is InChI=1S/C23H27ClN2O4S/c1-4-30-23(29)18-14(3)19(21(28)25-17-12-8-11-16(24)13(17)2)31-22(18)26-20(27)15-9-6-5-7-10-15/h8,11-12,15H,4-7,9-10H2,1-3H3,(H,25,28)(H,26,27). The summed E-state index contributed by atoms with van der Waals surface area (Å²) in [6.07, 6.45) is 4.87. The van der Waals surface area contributed by atoms with Gasteiger partial charge in [0.15, 0.2) is 0 Å². The molecule has 2 N–H and O–H groups in total. The molecule has 31 heavy (non-hydrogen) atoms. The largest absolute Gasteiger partial charge is 0.462 e. The van der Waals surface area contributed by atoms with Crippen LogP contribution in [0, 0.1) is 19.8 Å². The van der Waals surface area contributed by atoms with Gasteiger partial charge in [0.25, 0.3) is 5.91 Å². The minimum absolute atomic E-state index is 0.0717. The van der Waals surface area contributed by atoms with Crippen LogP contribution in [0.25, 0.3) is 0 Å². The first-order valence-corrected chi connectivity index (χ1v) is 11.7. The van der Waals surface area contributed by atoms with E-state index in [1.165, 1.54) is 0 Å². The summed E-state index contributed by atoms with van der Waals surface area (Å²) in [6.45, 7) is 5.43. The van der Waals surface area contributed by atoms with Gasteiger partial charge in [-0.1, -0.05) is 36.9 Å². The summed E-state index contributed by atoms with van der Waals surface area (Å²) in [5.41, 5.74) is 2.07. The van der Waals surface area contributed by atoms with E-state index in [4.69, 9.17) is 16.3 Å². The average Bonchev–Trinajstić information content (AvgIpc) is 3.08. The van der Waals surface area contributed by atoms with Crippen LogP contribution in [0.4, 0.5) is 10.7 Å². The summed E-state index contributed by atoms with van der Waals surface area (Å²) in [7, 11) is 0. The third kappa shape index (κ3) is 5.28. The van der Waals surface area contributed by atoms with Gasteiger partial charge in [0.2, 0.25) is 5.91 Å². The molecule has 0 atom stereocenters. The van der Waals surface area contributed by atoms with Crippen molar-refractivity contribution in [1.82, 2.24) is 0 Å². The van der Waals surface area contributed by atoms with Crippen LogP contribution in [0.1, 0.15) is 70.2 Å². The van der Waals surface area contributed by atoms with Gasteiger partial charge < -0.3 is 15.4 Å². The zero-order chi connectivity index (χ0) is 22.5. The van der Waals surface area contributed by atoms with Crippen molar-refractivity contribution in [3.8, 4) is 0 Å². The number of amides is 2. The normalized spacial score (nSPS) is 14.2. The first kappa shape index (κ1) is 23.3. The lowest BCUT2D eigenvalue weighted by Gasteiger charge is -2.20. The van der Waals surface area contributed by atoms with Crippen molar-refractivity contribution >= 4 is 51.4 Å². The molecular weight excluding hydrogens is 436 g/mol. The number of rotatable bonds is 6. The number of anilines is 2. The Morgan fingerprint density at radius 3 is 2.48 bits per heavy atom. The number of nitrogens with one attached hydrogen (secondary N) is 2. The molecule has 6 nitrogen and oxygen atoms in total. The number of ether oxygens (including phenoxy) is 1. The van der Waals surface area contributed by atoms with E-state index in [2.05, 4.69) is 10.6 Å². The lowest BCUT2D eigenvalue weighted by atomic mass is 9.89. The Hall–Kier alpha value is -2.38. The fraction of sp³-hybridized carbons (Fsp3) is 0.435. The van der Waals surface area contributed by atoms with Gasteiger partial charge in [0, 0.05) is 16.6 Å². The van der Waals surface area contributed by atoms with Crippen LogP contribution in [0.15, 0.2) is 18.2 Å². The second kappa shape index (κ2) is 10.3. The van der Waals surface area contributed by atoms with Gasteiger partial charge in [0.1, 0.15) is 5.00 Å². The van der Waals surface area contributed by atoms with Crippen molar-refractivity contribution in [1.29, 1.82) is 0 Å². The lowest BCUT2D eigenvalue weighted by molar-refractivity contribution is -0.120. The SMILES string of the molecule is CCOC(=O)c1c(NC(=O)C2CCCCC2)sc(C(=O)Nc2cccc(Cl)c2C)c1C. The number of esters is 1. The van der Waals surface area contributed by atoms with Crippen molar-refractivity contribution in [2.45, 2.75) is 52.9 Å². The van der Waals surface area contributed by atoms with Crippen LogP contribution in [-0.2, 0) is 9.53 Å². The summed E-state index contributed by atoms with van der Waals surface area (Å²) < 4.78 is 5.19. The van der Waals surface area contributed by atoms with Crippen molar-refractivity contribution in [2.75, 3.05) is 17.2 Å². The molecule has 1 heterocycles. The summed E-state index contributed by atoms with van der Waals surface area (Å²) >= 11 is 7.25. The maximum absolute atomic E-state index is 13.0. The van der Waals surface area contributed by atoms with Gasteiger partial charge in [-0.05, 0) is 56.9 Å². The van der Waals surface area contributed by atoms with Crippen molar-refractivity contribution < 1.29 is 19.1 Å². The highest BCUT2D eigenvalue weighted by molar-refractivity contribution is 7.19. The van der Waals surface area contributed by atoms with E-state index in [1.807, 2.05) is 6.92 Å². The molecule has 1 saturated carbocycles. The van der Waals surface area contributed by atoms with E-state index in [-0.39, 0.29) is 29.9 Å². The molecular formula is C23H27ClN2O4S. The maximum Gasteiger partial charge on any atom is 0.341 e. The molecule has 0 spiro atoms. The average molecular weight is 463 g/mol. The van der Waals surface area contributed by atoms with E-state index in [0.717, 1.165) is 49.0 Å². The molecule has 1 aromatic carbocycles. The van der Waals surface area contributed by atoms with Crippen LogP contribution in [0.2, 0.25) is 5.02 Å². The molecule has 0 aliphatic heterocycles. The predicted molar refractivity (Wildman–Crippen MR) is 124 cm³/mol. The van der Waals surface area contributed by atoms with E-state index in [0.29, 0.717) is 26.2 Å². The highest BCUT2D eigenvalue weighted by Gasteiger charge is 2.29. The zero-order valence-electron chi connectivity index (χ0n) is 18.0. The fourth-order valence-electron chi connectivity index (χ4n) is 3.77. The van der Waals surface area contributed by atoms with Crippen LogP contribution in [-0.4, -0.2) is 24.4 Å². The zero-order valence-corrected chi connectivity index (χ0v) is 19.5. The summed E-state index contributed by atoms with van der Waals surface area (Å²) in [4.78, 5) is 38.8. The Balaban J connectivity index is 1.90. The second-order valence-electron chi connectivity index (χ2n) is 7.67. The Morgan fingerprint density at radius 2 is 1.81 bits per heavy atom. The van der Waals surface area contributed by atoms with Gasteiger partial charge in [-0.15, -0.1) is 11.3 Å². The molecule has 1 aliphatic rings. The quantitative estimate of drug-likeness (QED) is 0.518. The Morgan fingerprint density at radius 1 is 1.10 bits per heavy atom. The molecule has 2 aromatic rings. The van der Waals surface area contributed by atoms with Gasteiger partial charge in [0.05, 0.1) is 17.0 Å². The molecule has 0 radical (unpaired) electrons. The summed E-state index contributed by atoms with van der Waals surface area (Å²) in [5, 5.41) is 6.67. The maximum atomic E-state index is 13.0. The molecule has 3 rings (SSSR count). The van der Waals surface area contributed by atoms with Crippen LogP contribution >= 0.6 is 22.9 Å². The van der Waals surface area contributed by atoms with Gasteiger partial charge in [-0.2, -0.15) is 0 Å². The van der Waals surface area contributed by atoms with Gasteiger partial charge >= 0.3 is 5.97 Å². The fourth-order valence-corrected chi connectivity index (χ4v) is 5.04. The van der Waals surface area contributed by atoms with Crippen molar-refractivity contribution in [3.63, 3.8) is 0 Å². The van der Waals surface area contributed by atoms with E-state index < -0.39 is 5.97 Å². The van der Waals surface area contributed by atoms with E-state index in [1.54, 1.807) is 32.0 Å². The Kier molecular flexibility index (Phi) is 7.73. The number of halogens is 1. The molecule has 166 valence electrons. The highest BCUT2D eigenvalue weighted by atomic mass is 35.5. The molecule has 1 aliphatic carbocycles. The molecule has 0 saturated heterocycles. The molecule has 2 amide bonds. The Labute approximate surface area is 191 Å². The summed E-state index contributed by atoms with van der Waals surface area (Å²) in [5.74, 6) is -1.09. The number of hydrogen-bond acceptors (Lipinski definition) is 5. The second-order valence-corrected chi connectivity index (χ2v) is 9.10. The minimum Gasteiger partial charge on any atom is -0.462 e. The third-order valence-electron chi connectivity index (χ3n) is 5.56. The van der Waals surface area contributed by atoms with Gasteiger partial charge in [-0.3, -0.25) is 9.59 Å². The number of thiophene rings is 1. The highest BCUT2D eigenvalue weighted by Crippen LogP contribution is 2.36. The molecule has 0 unspecified atom stereocenters. The molecule has 0 bridgehead atoms. The minimum atomic E-state index is -0.548. The molecule has 1 aromatic heterocycles. The van der Waals surface area contributed by atoms with Crippen molar-refractivity contribution in [3.05, 3.63) is 44.8 Å². The predicted octanol–water partition coefficient (Wildman–Crippen LogP) is 5.97. The number of carbonyl (C=O) groups excluding carboxylic acids is 3. The number of hydrogen-bond donors (Lipinski definition) is 2. The van der Waals surface area contributed by atoms with Crippen LogP contribution in [0.3, 0.4) is 0 Å². The molecule has 1 fully saturated rings. The topological polar surface area (TPSA) is 84.5 Å².